The monoisotopic (exact) mass is 648 g/mol. The number of H-pyrrole nitrogens is 1. The van der Waals surface area contributed by atoms with Crippen molar-refractivity contribution in [2.24, 2.45) is 0 Å². The zero-order valence-electron chi connectivity index (χ0n) is 24.7. The number of nitrogens with zero attached hydrogens (tertiary/aromatic N) is 2. The van der Waals surface area contributed by atoms with E-state index in [0.29, 0.717) is 16.5 Å². The lowest BCUT2D eigenvalue weighted by atomic mass is 9.99. The number of carbonyl (C=O) groups is 1. The number of benzene rings is 3. The van der Waals surface area contributed by atoms with E-state index in [1.807, 2.05) is 0 Å². The Balaban J connectivity index is 1.65. The summed E-state index contributed by atoms with van der Waals surface area (Å²) in [7, 11) is -1.07. The van der Waals surface area contributed by atoms with E-state index in [1.165, 1.54) is 74.8 Å². The lowest BCUT2D eigenvalue weighted by Crippen LogP contribution is -2.25. The highest BCUT2D eigenvalue weighted by atomic mass is 32.2. The maximum absolute atomic E-state index is 15.1. The highest BCUT2D eigenvalue weighted by Crippen LogP contribution is 2.42. The lowest BCUT2D eigenvalue weighted by Gasteiger charge is -2.21. The number of alkyl halides is 1. The van der Waals surface area contributed by atoms with Gasteiger partial charge in [0.05, 0.1) is 41.2 Å². The van der Waals surface area contributed by atoms with Crippen molar-refractivity contribution < 1.29 is 35.9 Å². The first-order chi connectivity index (χ1) is 21.9. The molecule has 0 fully saturated rings. The molecular weight excluding hydrogens is 621 g/mol. The van der Waals surface area contributed by atoms with Gasteiger partial charge in [-0.1, -0.05) is 12.1 Å². The summed E-state index contributed by atoms with van der Waals surface area (Å²) < 4.78 is 76.1. The molecule has 0 radical (unpaired) electrons. The third-order valence-electron chi connectivity index (χ3n) is 7.77. The number of halogens is 3. The van der Waals surface area contributed by atoms with E-state index in [-0.39, 0.29) is 56.2 Å². The summed E-state index contributed by atoms with van der Waals surface area (Å²) in [6, 6.07) is 17.1. The smallest absolute Gasteiger partial charge is 0.255 e. The highest BCUT2D eigenvalue weighted by Gasteiger charge is 2.27. The summed E-state index contributed by atoms with van der Waals surface area (Å²) in [5, 5.41) is 12.8. The van der Waals surface area contributed by atoms with Gasteiger partial charge >= 0.3 is 0 Å². The molecular formula is C33H27F3N4O5S. The average Bonchev–Trinajstić information content (AvgIpc) is 3.65. The van der Waals surface area contributed by atoms with E-state index >= 15 is 4.39 Å². The fraction of sp³-hybridized carbons (Fsp3) is 0.152. The Kier molecular flexibility index (Phi) is 7.82. The maximum Gasteiger partial charge on any atom is 0.255 e. The molecule has 6 rings (SSSR count). The second kappa shape index (κ2) is 11.7. The molecule has 13 heteroatoms. The number of aliphatic hydroxyl groups is 1. The molecule has 0 aliphatic rings. The van der Waals surface area contributed by atoms with Gasteiger partial charge in [0.15, 0.2) is 6.17 Å². The third-order valence-corrected chi connectivity index (χ3v) is 8.96. The van der Waals surface area contributed by atoms with Crippen LogP contribution < -0.4 is 9.62 Å². The van der Waals surface area contributed by atoms with Crippen molar-refractivity contribution in [3.05, 3.63) is 95.6 Å². The Bertz CT molecular complexity index is 2250. The number of anilines is 1. The summed E-state index contributed by atoms with van der Waals surface area (Å²) in [4.78, 5) is 21.0. The van der Waals surface area contributed by atoms with Gasteiger partial charge in [-0.05, 0) is 54.6 Å². The number of aromatic amines is 1. The van der Waals surface area contributed by atoms with Gasteiger partial charge in [-0.25, -0.2) is 26.6 Å². The van der Waals surface area contributed by atoms with Crippen LogP contribution in [0.1, 0.15) is 22.1 Å². The van der Waals surface area contributed by atoms with E-state index < -0.39 is 40.3 Å². The quantitative estimate of drug-likeness (QED) is 0.177. The zero-order valence-corrected chi connectivity index (χ0v) is 25.5. The maximum atomic E-state index is 15.1. The van der Waals surface area contributed by atoms with Crippen LogP contribution in [0.15, 0.2) is 77.2 Å². The number of aliphatic hydroxyl groups excluding tert-OH is 1. The van der Waals surface area contributed by atoms with E-state index in [2.05, 4.69) is 10.3 Å². The fourth-order valence-electron chi connectivity index (χ4n) is 5.36. The Labute approximate surface area is 261 Å². The molecule has 0 spiro atoms. The zero-order chi connectivity index (χ0) is 32.9. The summed E-state index contributed by atoms with van der Waals surface area (Å²) in [6.07, 6.45) is -0.820. The van der Waals surface area contributed by atoms with Gasteiger partial charge in [-0.3, -0.25) is 9.10 Å². The van der Waals surface area contributed by atoms with Crippen molar-refractivity contribution in [3.63, 3.8) is 0 Å². The van der Waals surface area contributed by atoms with Crippen molar-refractivity contribution in [2.45, 2.75) is 6.17 Å². The van der Waals surface area contributed by atoms with E-state index in [9.17, 15) is 27.1 Å². The molecule has 0 saturated carbocycles. The van der Waals surface area contributed by atoms with Gasteiger partial charge in [0.25, 0.3) is 5.91 Å². The SMILES string of the molecule is CNC(=O)c1c(-c2ccc(F)cc2)oc2cc(N(C)S(C)(=O)=O)c(-c3ccc(C(F)CO)c(-c4cc5c(F)cccc5[nH]4)n3)cc12. The fourth-order valence-corrected chi connectivity index (χ4v) is 5.87. The van der Waals surface area contributed by atoms with Gasteiger partial charge in [0.1, 0.15) is 23.0 Å². The largest absolute Gasteiger partial charge is 0.455 e. The van der Waals surface area contributed by atoms with E-state index in [0.717, 1.165) is 10.6 Å². The minimum atomic E-state index is -3.84. The molecule has 0 aliphatic heterocycles. The van der Waals surface area contributed by atoms with Crippen molar-refractivity contribution in [3.8, 4) is 34.0 Å². The normalized spacial score (nSPS) is 12.5. The minimum absolute atomic E-state index is 0.0188. The molecule has 0 aliphatic carbocycles. The average molecular weight is 649 g/mol. The topological polar surface area (TPSA) is 129 Å². The van der Waals surface area contributed by atoms with Crippen LogP contribution in [0.25, 0.3) is 55.8 Å². The van der Waals surface area contributed by atoms with Crippen LogP contribution in [-0.4, -0.2) is 56.4 Å². The summed E-state index contributed by atoms with van der Waals surface area (Å²) >= 11 is 0. The van der Waals surface area contributed by atoms with E-state index in [1.54, 1.807) is 12.1 Å². The summed E-state index contributed by atoms with van der Waals surface area (Å²) in [5.41, 5.74) is 2.03. The molecule has 3 aromatic carbocycles. The molecule has 0 bridgehead atoms. The molecule has 9 nitrogen and oxygen atoms in total. The van der Waals surface area contributed by atoms with Crippen LogP contribution in [0.4, 0.5) is 18.9 Å². The van der Waals surface area contributed by atoms with Crippen molar-refractivity contribution in [2.75, 3.05) is 31.3 Å². The number of hydrogen-bond acceptors (Lipinski definition) is 6. The van der Waals surface area contributed by atoms with Crippen molar-refractivity contribution >= 4 is 43.5 Å². The van der Waals surface area contributed by atoms with Crippen LogP contribution in [0.5, 0.6) is 0 Å². The number of fused-ring (bicyclic) bond motifs is 2. The van der Waals surface area contributed by atoms with Gasteiger partial charge in [0.2, 0.25) is 10.0 Å². The van der Waals surface area contributed by atoms with Gasteiger partial charge in [-0.2, -0.15) is 0 Å². The standard InChI is InChI=1S/C33H27F3N4O5S/c1-37-33(42)30-22-13-21(28(40(2)46(3,43)44)15-29(22)45-32(30)17-7-9-18(34)10-8-17)26-12-11-19(24(36)16-41)31(39-26)27-14-20-23(35)5-4-6-25(20)38-27/h4-15,24,38,41H,16H2,1-3H3,(H,37,42). The second-order valence-electron chi connectivity index (χ2n) is 10.7. The molecule has 0 saturated heterocycles. The van der Waals surface area contributed by atoms with Gasteiger partial charge in [-0.15, -0.1) is 0 Å². The number of furan rings is 1. The Hall–Kier alpha value is -5.14. The number of nitrogens with one attached hydrogen (secondary N) is 2. The Morgan fingerprint density at radius 3 is 2.46 bits per heavy atom. The molecule has 3 N–H and O–H groups in total. The Morgan fingerprint density at radius 2 is 1.80 bits per heavy atom. The second-order valence-corrected chi connectivity index (χ2v) is 12.7. The molecule has 1 atom stereocenters. The number of carbonyl (C=O) groups excluding carboxylic acids is 1. The van der Waals surface area contributed by atoms with Crippen LogP contribution in [-0.2, 0) is 10.0 Å². The first-order valence-electron chi connectivity index (χ1n) is 14.0. The number of rotatable bonds is 8. The number of pyridine rings is 1. The van der Waals surface area contributed by atoms with Crippen molar-refractivity contribution in [1.29, 1.82) is 0 Å². The number of amides is 1. The predicted molar refractivity (Wildman–Crippen MR) is 170 cm³/mol. The van der Waals surface area contributed by atoms with Crippen LogP contribution in [0.2, 0.25) is 0 Å². The number of sulfonamides is 1. The highest BCUT2D eigenvalue weighted by molar-refractivity contribution is 7.92. The van der Waals surface area contributed by atoms with Gasteiger partial charge in [0, 0.05) is 53.1 Å². The molecule has 3 aromatic heterocycles. The molecule has 6 aromatic rings. The molecule has 236 valence electrons. The van der Waals surface area contributed by atoms with Crippen molar-refractivity contribution in [1.82, 2.24) is 15.3 Å². The van der Waals surface area contributed by atoms with Crippen LogP contribution >= 0.6 is 0 Å². The first-order valence-corrected chi connectivity index (χ1v) is 15.8. The molecule has 1 amide bonds. The lowest BCUT2D eigenvalue weighted by molar-refractivity contribution is 0.0964. The summed E-state index contributed by atoms with van der Waals surface area (Å²) in [6.45, 7) is -0.840. The van der Waals surface area contributed by atoms with E-state index in [4.69, 9.17) is 9.40 Å². The van der Waals surface area contributed by atoms with Crippen LogP contribution in [0.3, 0.4) is 0 Å². The Morgan fingerprint density at radius 1 is 1.07 bits per heavy atom. The van der Waals surface area contributed by atoms with Crippen LogP contribution in [0, 0.1) is 11.6 Å². The minimum Gasteiger partial charge on any atom is -0.455 e. The number of aromatic nitrogens is 2. The number of hydrogen-bond donors (Lipinski definition) is 3. The van der Waals surface area contributed by atoms with Gasteiger partial charge < -0.3 is 19.8 Å². The third kappa shape index (κ3) is 5.37. The summed E-state index contributed by atoms with van der Waals surface area (Å²) in [5.74, 6) is -1.37. The molecule has 46 heavy (non-hydrogen) atoms. The predicted octanol–water partition coefficient (Wildman–Crippen LogP) is 6.35. The molecule has 3 heterocycles. The molecule has 1 unspecified atom stereocenters. The first kappa shape index (κ1) is 30.9.